The molecule has 0 aromatic heterocycles. The number of amides is 1. The van der Waals surface area contributed by atoms with E-state index in [4.69, 9.17) is 4.74 Å². The molecular formula is C17H27ClN2O2. The molecule has 0 spiro atoms. The number of piperidine rings is 1. The van der Waals surface area contributed by atoms with Gasteiger partial charge in [0.05, 0.1) is 6.61 Å². The Kier molecular flexibility index (Phi) is 8.28. The zero-order valence-electron chi connectivity index (χ0n) is 13.4. The lowest BCUT2D eigenvalue weighted by atomic mass is 9.94. The first-order valence-electron chi connectivity index (χ1n) is 7.91. The van der Waals surface area contributed by atoms with Crippen LogP contribution in [-0.2, 0) is 11.2 Å². The van der Waals surface area contributed by atoms with Crippen molar-refractivity contribution in [1.29, 1.82) is 0 Å². The lowest BCUT2D eigenvalue weighted by Gasteiger charge is -2.30. The quantitative estimate of drug-likeness (QED) is 0.844. The van der Waals surface area contributed by atoms with Crippen LogP contribution in [0, 0.1) is 5.92 Å². The molecule has 1 aromatic carbocycles. The van der Waals surface area contributed by atoms with Crippen LogP contribution in [0.2, 0.25) is 0 Å². The molecule has 4 nitrogen and oxygen atoms in total. The van der Waals surface area contributed by atoms with Gasteiger partial charge in [0, 0.05) is 19.0 Å². The molecule has 2 rings (SSSR count). The summed E-state index contributed by atoms with van der Waals surface area (Å²) >= 11 is 0. The van der Waals surface area contributed by atoms with E-state index in [0.717, 1.165) is 31.7 Å². The first-order valence-corrected chi connectivity index (χ1v) is 7.91. The Hall–Kier alpha value is -1.26. The number of rotatable bonds is 6. The van der Waals surface area contributed by atoms with E-state index in [-0.39, 0.29) is 24.4 Å². The van der Waals surface area contributed by atoms with E-state index in [9.17, 15) is 4.79 Å². The predicted octanol–water partition coefficient (Wildman–Crippen LogP) is 2.55. The van der Waals surface area contributed by atoms with Crippen molar-refractivity contribution in [2.45, 2.75) is 39.2 Å². The maximum atomic E-state index is 12.0. The molecule has 2 atom stereocenters. The summed E-state index contributed by atoms with van der Waals surface area (Å²) in [7, 11) is 0. The summed E-state index contributed by atoms with van der Waals surface area (Å²) in [5, 5.41) is 6.48. The summed E-state index contributed by atoms with van der Waals surface area (Å²) in [5.41, 5.74) is 1.17. The summed E-state index contributed by atoms with van der Waals surface area (Å²) in [6.07, 6.45) is 2.44. The van der Waals surface area contributed by atoms with E-state index in [0.29, 0.717) is 18.9 Å². The number of ether oxygens (including phenoxy) is 1. The summed E-state index contributed by atoms with van der Waals surface area (Å²) in [6, 6.07) is 8.26. The van der Waals surface area contributed by atoms with Crippen LogP contribution in [0.3, 0.4) is 0 Å². The highest BCUT2D eigenvalue weighted by Gasteiger charge is 2.22. The van der Waals surface area contributed by atoms with Crippen LogP contribution in [-0.4, -0.2) is 31.6 Å². The Morgan fingerprint density at radius 1 is 1.36 bits per heavy atom. The third kappa shape index (κ3) is 5.85. The number of aryl methyl sites for hydroxylation is 1. The summed E-state index contributed by atoms with van der Waals surface area (Å²) < 4.78 is 5.41. The molecule has 0 aliphatic carbocycles. The molecule has 1 aromatic rings. The fraction of sp³-hybridized carbons (Fsp3) is 0.588. The van der Waals surface area contributed by atoms with Gasteiger partial charge in [-0.2, -0.15) is 0 Å². The average Bonchev–Trinajstić information content (AvgIpc) is 2.49. The van der Waals surface area contributed by atoms with Crippen LogP contribution in [0.1, 0.15) is 32.3 Å². The fourth-order valence-electron chi connectivity index (χ4n) is 2.64. The Labute approximate surface area is 139 Å². The molecule has 0 saturated carbocycles. The molecule has 1 heterocycles. The molecule has 22 heavy (non-hydrogen) atoms. The summed E-state index contributed by atoms with van der Waals surface area (Å²) in [4.78, 5) is 12.0. The Balaban J connectivity index is 0.00000242. The van der Waals surface area contributed by atoms with E-state index >= 15 is 0 Å². The van der Waals surface area contributed by atoms with Gasteiger partial charge in [-0.3, -0.25) is 4.79 Å². The fourth-order valence-corrected chi connectivity index (χ4v) is 2.64. The number of carbonyl (C=O) groups excluding carboxylic acids is 1. The van der Waals surface area contributed by atoms with Crippen LogP contribution in [0.15, 0.2) is 24.3 Å². The van der Waals surface area contributed by atoms with Crippen LogP contribution in [0.4, 0.5) is 0 Å². The standard InChI is InChI=1S/C17H26N2O2.ClH/c1-3-21-15-7-4-14(5-8-15)6-9-17(20)19-16-12-18-11-10-13(16)2;/h4-5,7-8,13,16,18H,3,6,9-12H2,1-2H3,(H,19,20);1H. The average molecular weight is 327 g/mol. The van der Waals surface area contributed by atoms with Crippen molar-refractivity contribution in [3.05, 3.63) is 29.8 Å². The van der Waals surface area contributed by atoms with Gasteiger partial charge in [0.2, 0.25) is 5.91 Å². The molecule has 0 radical (unpaired) electrons. The molecule has 0 bridgehead atoms. The minimum atomic E-state index is 0. The number of carbonyl (C=O) groups is 1. The van der Waals surface area contributed by atoms with Crippen molar-refractivity contribution in [3.8, 4) is 5.75 Å². The monoisotopic (exact) mass is 326 g/mol. The van der Waals surface area contributed by atoms with Gasteiger partial charge in [0.15, 0.2) is 0 Å². The Morgan fingerprint density at radius 2 is 2.09 bits per heavy atom. The van der Waals surface area contributed by atoms with Gasteiger partial charge in [-0.25, -0.2) is 0 Å². The maximum Gasteiger partial charge on any atom is 0.220 e. The second-order valence-corrected chi connectivity index (χ2v) is 5.72. The second-order valence-electron chi connectivity index (χ2n) is 5.72. The van der Waals surface area contributed by atoms with Crippen molar-refractivity contribution in [1.82, 2.24) is 10.6 Å². The number of hydrogen-bond donors (Lipinski definition) is 2. The molecule has 1 amide bonds. The smallest absolute Gasteiger partial charge is 0.220 e. The largest absolute Gasteiger partial charge is 0.494 e. The first-order chi connectivity index (χ1) is 10.2. The van der Waals surface area contributed by atoms with Gasteiger partial charge in [-0.05, 0) is 49.9 Å². The maximum absolute atomic E-state index is 12.0. The van der Waals surface area contributed by atoms with Crippen molar-refractivity contribution < 1.29 is 9.53 Å². The molecule has 2 N–H and O–H groups in total. The number of hydrogen-bond acceptors (Lipinski definition) is 3. The SMILES string of the molecule is CCOc1ccc(CCC(=O)NC2CNCCC2C)cc1.Cl. The zero-order chi connectivity index (χ0) is 15.1. The van der Waals surface area contributed by atoms with Crippen molar-refractivity contribution in [3.63, 3.8) is 0 Å². The number of halogens is 1. The highest BCUT2D eigenvalue weighted by atomic mass is 35.5. The normalized spacial score (nSPS) is 20.8. The Bertz CT molecular complexity index is 450. The first kappa shape index (κ1) is 18.8. The van der Waals surface area contributed by atoms with Crippen molar-refractivity contribution in [2.75, 3.05) is 19.7 Å². The van der Waals surface area contributed by atoms with E-state index in [2.05, 4.69) is 17.6 Å². The van der Waals surface area contributed by atoms with E-state index < -0.39 is 0 Å². The third-order valence-corrected chi connectivity index (χ3v) is 4.05. The molecule has 1 aliphatic rings. The molecular weight excluding hydrogens is 300 g/mol. The molecule has 1 aliphatic heterocycles. The zero-order valence-corrected chi connectivity index (χ0v) is 14.2. The van der Waals surface area contributed by atoms with Crippen molar-refractivity contribution >= 4 is 18.3 Å². The lowest BCUT2D eigenvalue weighted by Crippen LogP contribution is -2.50. The molecule has 1 fully saturated rings. The number of nitrogens with one attached hydrogen (secondary N) is 2. The van der Waals surface area contributed by atoms with Gasteiger partial charge in [-0.15, -0.1) is 12.4 Å². The van der Waals surface area contributed by atoms with Crippen LogP contribution >= 0.6 is 12.4 Å². The van der Waals surface area contributed by atoms with E-state index in [1.54, 1.807) is 0 Å². The van der Waals surface area contributed by atoms with Gasteiger partial charge < -0.3 is 15.4 Å². The molecule has 124 valence electrons. The molecule has 5 heteroatoms. The van der Waals surface area contributed by atoms with E-state index in [1.807, 2.05) is 31.2 Å². The summed E-state index contributed by atoms with van der Waals surface area (Å²) in [5.74, 6) is 1.58. The minimum Gasteiger partial charge on any atom is -0.494 e. The van der Waals surface area contributed by atoms with Gasteiger partial charge in [-0.1, -0.05) is 19.1 Å². The molecule has 2 unspecified atom stereocenters. The topological polar surface area (TPSA) is 50.4 Å². The van der Waals surface area contributed by atoms with Crippen LogP contribution < -0.4 is 15.4 Å². The lowest BCUT2D eigenvalue weighted by molar-refractivity contribution is -0.122. The molecule has 1 saturated heterocycles. The summed E-state index contributed by atoms with van der Waals surface area (Å²) in [6.45, 7) is 6.79. The Morgan fingerprint density at radius 3 is 2.73 bits per heavy atom. The third-order valence-electron chi connectivity index (χ3n) is 4.05. The van der Waals surface area contributed by atoms with Crippen molar-refractivity contribution in [2.24, 2.45) is 5.92 Å². The van der Waals surface area contributed by atoms with Crippen LogP contribution in [0.5, 0.6) is 5.75 Å². The van der Waals surface area contributed by atoms with Gasteiger partial charge >= 0.3 is 0 Å². The second kappa shape index (κ2) is 9.70. The van der Waals surface area contributed by atoms with Gasteiger partial charge in [0.1, 0.15) is 5.75 Å². The predicted molar refractivity (Wildman–Crippen MR) is 91.8 cm³/mol. The van der Waals surface area contributed by atoms with E-state index in [1.165, 1.54) is 5.56 Å². The minimum absolute atomic E-state index is 0. The number of benzene rings is 1. The highest BCUT2D eigenvalue weighted by Crippen LogP contribution is 2.14. The van der Waals surface area contributed by atoms with Crippen LogP contribution in [0.25, 0.3) is 0 Å². The highest BCUT2D eigenvalue weighted by molar-refractivity contribution is 5.85. The van der Waals surface area contributed by atoms with Gasteiger partial charge in [0.25, 0.3) is 0 Å².